The molecule has 166 valence electrons. The average Bonchev–Trinajstić information content (AvgIpc) is 2.74. The normalized spacial score (nSPS) is 21.1. The van der Waals surface area contributed by atoms with E-state index in [9.17, 15) is 0 Å². The smallest absolute Gasteiger partial charge is 0.0747 e. The minimum Gasteiger partial charge on any atom is -0.299 e. The van der Waals surface area contributed by atoms with Gasteiger partial charge in [0.15, 0.2) is 0 Å². The molecule has 2 aliphatic rings. The summed E-state index contributed by atoms with van der Waals surface area (Å²) in [6.07, 6.45) is 24.6. The maximum absolute atomic E-state index is 4.11. The topological polar surface area (TPSA) is 24.1 Å². The molecule has 28 heavy (non-hydrogen) atoms. The van der Waals surface area contributed by atoms with Crippen LogP contribution in [0.5, 0.6) is 0 Å². The van der Waals surface area contributed by atoms with Crippen molar-refractivity contribution in [3.8, 4) is 0 Å². The first-order chi connectivity index (χ1) is 13.8. The summed E-state index contributed by atoms with van der Waals surface area (Å²) in [5.41, 5.74) is 0.190. The van der Waals surface area contributed by atoms with Crippen LogP contribution in [0, 0.1) is 17.8 Å². The Morgan fingerprint density at radius 2 is 1.21 bits per heavy atom. The van der Waals surface area contributed by atoms with E-state index in [4.69, 9.17) is 0 Å². The summed E-state index contributed by atoms with van der Waals surface area (Å²) in [6.45, 7) is 9.19. The second kappa shape index (κ2) is 14.0. The second-order valence-corrected chi connectivity index (χ2v) is 9.83. The summed E-state index contributed by atoms with van der Waals surface area (Å²) in [7, 11) is 0. The van der Waals surface area contributed by atoms with Crippen molar-refractivity contribution in [2.75, 3.05) is 13.1 Å². The van der Waals surface area contributed by atoms with Crippen molar-refractivity contribution in [1.29, 1.82) is 0 Å². The summed E-state index contributed by atoms with van der Waals surface area (Å²) in [5.74, 6) is 2.58. The fourth-order valence-corrected chi connectivity index (χ4v) is 6.58. The third kappa shape index (κ3) is 7.01. The van der Waals surface area contributed by atoms with Gasteiger partial charge in [0, 0.05) is 0 Å². The Hall–Kier alpha value is -0.0800. The maximum Gasteiger partial charge on any atom is 0.0747 e. The molecular formula is C26H52N2. The number of hydrogen-bond donors (Lipinski definition) is 2. The van der Waals surface area contributed by atoms with E-state index in [1.54, 1.807) is 0 Å². The zero-order chi connectivity index (χ0) is 20.1. The van der Waals surface area contributed by atoms with Crippen LogP contribution in [0.4, 0.5) is 0 Å². The van der Waals surface area contributed by atoms with E-state index in [0.717, 1.165) is 30.8 Å². The van der Waals surface area contributed by atoms with Crippen LogP contribution in [0.1, 0.15) is 130 Å². The fourth-order valence-electron chi connectivity index (χ4n) is 6.58. The van der Waals surface area contributed by atoms with Crippen molar-refractivity contribution in [1.82, 2.24) is 10.6 Å². The molecule has 2 N–H and O–H groups in total. The Morgan fingerprint density at radius 1 is 0.679 bits per heavy atom. The van der Waals surface area contributed by atoms with E-state index in [0.29, 0.717) is 0 Å². The van der Waals surface area contributed by atoms with Crippen molar-refractivity contribution in [3.63, 3.8) is 0 Å². The Labute approximate surface area is 177 Å². The van der Waals surface area contributed by atoms with Crippen LogP contribution in [0.15, 0.2) is 0 Å². The van der Waals surface area contributed by atoms with E-state index in [2.05, 4.69) is 31.4 Å². The Balaban J connectivity index is 2.14. The molecule has 2 nitrogen and oxygen atoms in total. The fraction of sp³-hybridized carbons (Fsp3) is 1.00. The number of hydrogen-bond acceptors (Lipinski definition) is 2. The Morgan fingerprint density at radius 3 is 1.79 bits per heavy atom. The SMILES string of the molecule is CCCCCCCCC(C1CCCCC1)C(NCC)(NCC)C1CCCCC1. The Bertz CT molecular complexity index is 363. The molecule has 0 amide bonds. The van der Waals surface area contributed by atoms with E-state index in [-0.39, 0.29) is 5.66 Å². The first kappa shape index (κ1) is 24.2. The molecular weight excluding hydrogens is 340 g/mol. The lowest BCUT2D eigenvalue weighted by atomic mass is 9.64. The lowest BCUT2D eigenvalue weighted by molar-refractivity contribution is 0.0116. The van der Waals surface area contributed by atoms with Gasteiger partial charge in [-0.25, -0.2) is 0 Å². The molecule has 2 heteroatoms. The molecule has 0 heterocycles. The van der Waals surface area contributed by atoms with Crippen molar-refractivity contribution in [3.05, 3.63) is 0 Å². The largest absolute Gasteiger partial charge is 0.299 e. The first-order valence-corrected chi connectivity index (χ1v) is 13.3. The molecule has 0 radical (unpaired) electrons. The lowest BCUT2D eigenvalue weighted by Crippen LogP contribution is -2.67. The van der Waals surface area contributed by atoms with Gasteiger partial charge in [-0.1, -0.05) is 111 Å². The van der Waals surface area contributed by atoms with Gasteiger partial charge in [-0.05, 0) is 50.1 Å². The van der Waals surface area contributed by atoms with Gasteiger partial charge in [-0.2, -0.15) is 0 Å². The predicted octanol–water partition coefficient (Wildman–Crippen LogP) is 7.43. The summed E-state index contributed by atoms with van der Waals surface area (Å²) in [5, 5.41) is 8.23. The predicted molar refractivity (Wildman–Crippen MR) is 125 cm³/mol. The van der Waals surface area contributed by atoms with Crippen LogP contribution in [0.3, 0.4) is 0 Å². The maximum atomic E-state index is 4.11. The Kier molecular flexibility index (Phi) is 12.1. The molecule has 1 unspecified atom stereocenters. The molecule has 0 aromatic carbocycles. The number of unbranched alkanes of at least 4 members (excludes halogenated alkanes) is 5. The molecule has 2 rings (SSSR count). The first-order valence-electron chi connectivity index (χ1n) is 13.3. The minimum absolute atomic E-state index is 0.190. The average molecular weight is 393 g/mol. The third-order valence-corrected chi connectivity index (χ3v) is 7.86. The van der Waals surface area contributed by atoms with E-state index < -0.39 is 0 Å². The van der Waals surface area contributed by atoms with E-state index >= 15 is 0 Å². The summed E-state index contributed by atoms with van der Waals surface area (Å²) in [4.78, 5) is 0. The lowest BCUT2D eigenvalue weighted by Gasteiger charge is -2.52. The summed E-state index contributed by atoms with van der Waals surface area (Å²) >= 11 is 0. The zero-order valence-electron chi connectivity index (χ0n) is 19.7. The molecule has 2 fully saturated rings. The van der Waals surface area contributed by atoms with Crippen molar-refractivity contribution in [2.45, 2.75) is 136 Å². The summed E-state index contributed by atoms with van der Waals surface area (Å²) < 4.78 is 0. The van der Waals surface area contributed by atoms with E-state index in [1.165, 1.54) is 109 Å². The monoisotopic (exact) mass is 392 g/mol. The van der Waals surface area contributed by atoms with Gasteiger partial charge >= 0.3 is 0 Å². The van der Waals surface area contributed by atoms with Crippen LogP contribution in [0.2, 0.25) is 0 Å². The molecule has 0 aliphatic heterocycles. The highest BCUT2D eigenvalue weighted by molar-refractivity contribution is 5.01. The van der Waals surface area contributed by atoms with E-state index in [1.807, 2.05) is 0 Å². The van der Waals surface area contributed by atoms with Gasteiger partial charge in [0.2, 0.25) is 0 Å². The highest BCUT2D eigenvalue weighted by Gasteiger charge is 2.46. The van der Waals surface area contributed by atoms with Crippen molar-refractivity contribution >= 4 is 0 Å². The highest BCUT2D eigenvalue weighted by atomic mass is 15.2. The molecule has 2 aliphatic carbocycles. The number of nitrogens with one attached hydrogen (secondary N) is 2. The molecule has 0 bridgehead atoms. The summed E-state index contributed by atoms with van der Waals surface area (Å²) in [6, 6.07) is 0. The van der Waals surface area contributed by atoms with Crippen LogP contribution in [-0.4, -0.2) is 18.8 Å². The van der Waals surface area contributed by atoms with Gasteiger partial charge in [0.25, 0.3) is 0 Å². The minimum atomic E-state index is 0.190. The molecule has 1 atom stereocenters. The van der Waals surface area contributed by atoms with Crippen molar-refractivity contribution < 1.29 is 0 Å². The second-order valence-electron chi connectivity index (χ2n) is 9.83. The number of rotatable bonds is 14. The van der Waals surface area contributed by atoms with Crippen molar-refractivity contribution in [2.24, 2.45) is 17.8 Å². The molecule has 0 saturated heterocycles. The molecule has 0 spiro atoms. The van der Waals surface area contributed by atoms with Gasteiger partial charge in [0.1, 0.15) is 0 Å². The highest BCUT2D eigenvalue weighted by Crippen LogP contribution is 2.44. The quantitative estimate of drug-likeness (QED) is 0.237. The van der Waals surface area contributed by atoms with Gasteiger partial charge < -0.3 is 0 Å². The van der Waals surface area contributed by atoms with Crippen LogP contribution >= 0.6 is 0 Å². The molecule has 2 saturated carbocycles. The van der Waals surface area contributed by atoms with Crippen LogP contribution in [-0.2, 0) is 0 Å². The van der Waals surface area contributed by atoms with Gasteiger partial charge in [-0.15, -0.1) is 0 Å². The van der Waals surface area contributed by atoms with Gasteiger partial charge in [0.05, 0.1) is 5.66 Å². The third-order valence-electron chi connectivity index (χ3n) is 7.86. The van der Waals surface area contributed by atoms with Crippen LogP contribution in [0.25, 0.3) is 0 Å². The zero-order valence-corrected chi connectivity index (χ0v) is 19.7. The standard InChI is InChI=1S/C26H52N2/c1-4-7-8-9-10-17-22-25(23-18-13-11-14-19-23)26(27-5-2,28-6-3)24-20-15-12-16-21-24/h23-25,27-28H,4-22H2,1-3H3. The van der Waals surface area contributed by atoms with Crippen LogP contribution < -0.4 is 10.6 Å². The van der Waals surface area contributed by atoms with Gasteiger partial charge in [-0.3, -0.25) is 10.6 Å². The molecule has 0 aromatic heterocycles. The molecule has 0 aromatic rings.